The predicted octanol–water partition coefficient (Wildman–Crippen LogP) is 4.62. The first-order valence-corrected chi connectivity index (χ1v) is 10.9. The van der Waals surface area contributed by atoms with E-state index in [2.05, 4.69) is 19.2 Å². The number of nitrogens with one attached hydrogen (secondary N) is 1. The molecular weight excluding hydrogens is 382 g/mol. The average Bonchev–Trinajstić information content (AvgIpc) is 2.74. The van der Waals surface area contributed by atoms with E-state index in [4.69, 9.17) is 0 Å². The molecule has 6 heteroatoms. The monoisotopic (exact) mass is 409 g/mol. The highest BCUT2D eigenvalue weighted by Crippen LogP contribution is 2.38. The molecule has 1 aliphatic rings. The van der Waals surface area contributed by atoms with Gasteiger partial charge in [-0.25, -0.2) is 8.42 Å². The van der Waals surface area contributed by atoms with Gasteiger partial charge in [0, 0.05) is 5.54 Å². The van der Waals surface area contributed by atoms with E-state index in [-0.39, 0.29) is 30.0 Å². The Balaban J connectivity index is 0.00000261. The second kappa shape index (κ2) is 8.63. The molecule has 2 N–H and O–H groups in total. The minimum Gasteiger partial charge on any atom is -0.508 e. The number of sulfone groups is 1. The molecule has 3 rings (SSSR count). The molecule has 2 atom stereocenters. The van der Waals surface area contributed by atoms with Crippen LogP contribution in [0.3, 0.4) is 0 Å². The largest absolute Gasteiger partial charge is 0.508 e. The lowest BCUT2D eigenvalue weighted by Crippen LogP contribution is -2.50. The SMILES string of the molecule is CCCC[C@@]1(CC)CS(=O)(=O)c2ccccc2[C@H](c2ccc(O)cc2)N1.Cl. The van der Waals surface area contributed by atoms with Gasteiger partial charge in [-0.15, -0.1) is 12.4 Å². The van der Waals surface area contributed by atoms with E-state index in [0.717, 1.165) is 36.8 Å². The zero-order chi connectivity index (χ0) is 18.8. The van der Waals surface area contributed by atoms with E-state index in [1.807, 2.05) is 24.3 Å². The van der Waals surface area contributed by atoms with Gasteiger partial charge in [-0.05, 0) is 42.2 Å². The lowest BCUT2D eigenvalue weighted by molar-refractivity contribution is 0.295. The number of benzene rings is 2. The van der Waals surface area contributed by atoms with Gasteiger partial charge in [-0.2, -0.15) is 0 Å². The molecule has 2 aromatic carbocycles. The van der Waals surface area contributed by atoms with Crippen LogP contribution in [0.15, 0.2) is 53.4 Å². The Morgan fingerprint density at radius 2 is 1.78 bits per heavy atom. The third-order valence-corrected chi connectivity index (χ3v) is 7.37. The fourth-order valence-corrected chi connectivity index (χ4v) is 5.99. The van der Waals surface area contributed by atoms with Crippen molar-refractivity contribution in [2.45, 2.75) is 56.0 Å². The van der Waals surface area contributed by atoms with Crippen molar-refractivity contribution >= 4 is 22.2 Å². The molecule has 27 heavy (non-hydrogen) atoms. The molecule has 0 bridgehead atoms. The van der Waals surface area contributed by atoms with Gasteiger partial charge in [0.15, 0.2) is 9.84 Å². The maximum atomic E-state index is 13.2. The Hall–Kier alpha value is -1.56. The number of hydrogen-bond donors (Lipinski definition) is 2. The van der Waals surface area contributed by atoms with Crippen LogP contribution in [0.4, 0.5) is 0 Å². The Morgan fingerprint density at radius 1 is 1.11 bits per heavy atom. The van der Waals surface area contributed by atoms with Crippen LogP contribution < -0.4 is 5.32 Å². The molecule has 2 aromatic rings. The summed E-state index contributed by atoms with van der Waals surface area (Å²) >= 11 is 0. The number of phenols is 1. The topological polar surface area (TPSA) is 66.4 Å². The molecule has 0 aliphatic carbocycles. The second-order valence-electron chi connectivity index (χ2n) is 7.20. The van der Waals surface area contributed by atoms with E-state index in [0.29, 0.717) is 4.90 Å². The van der Waals surface area contributed by atoms with Crippen LogP contribution in [0.5, 0.6) is 5.75 Å². The molecule has 0 unspecified atom stereocenters. The highest BCUT2D eigenvalue weighted by Gasteiger charge is 2.41. The van der Waals surface area contributed by atoms with Crippen LogP contribution in [0, 0.1) is 0 Å². The first kappa shape index (κ1) is 21.7. The molecule has 4 nitrogen and oxygen atoms in total. The molecule has 0 amide bonds. The van der Waals surface area contributed by atoms with E-state index in [1.165, 1.54) is 0 Å². The van der Waals surface area contributed by atoms with Crippen molar-refractivity contribution in [2.75, 3.05) is 5.75 Å². The van der Waals surface area contributed by atoms with Crippen LogP contribution in [-0.2, 0) is 9.84 Å². The van der Waals surface area contributed by atoms with Crippen LogP contribution in [-0.4, -0.2) is 24.8 Å². The summed E-state index contributed by atoms with van der Waals surface area (Å²) in [5.74, 6) is 0.318. The first-order chi connectivity index (χ1) is 12.4. The molecular formula is C21H28ClNO3S. The lowest BCUT2D eigenvalue weighted by atomic mass is 9.88. The zero-order valence-electron chi connectivity index (χ0n) is 15.8. The minimum atomic E-state index is -3.39. The lowest BCUT2D eigenvalue weighted by Gasteiger charge is -2.35. The van der Waals surface area contributed by atoms with Crippen molar-refractivity contribution in [1.82, 2.24) is 5.32 Å². The summed E-state index contributed by atoms with van der Waals surface area (Å²) in [7, 11) is -3.39. The summed E-state index contributed by atoms with van der Waals surface area (Å²) in [4.78, 5) is 0.414. The normalized spacial score (nSPS) is 23.7. The Kier molecular flexibility index (Phi) is 6.95. The maximum Gasteiger partial charge on any atom is 0.180 e. The molecule has 1 heterocycles. The summed E-state index contributed by atoms with van der Waals surface area (Å²) in [5.41, 5.74) is 1.28. The number of fused-ring (bicyclic) bond motifs is 1. The van der Waals surface area contributed by atoms with Crippen LogP contribution >= 0.6 is 12.4 Å². The highest BCUT2D eigenvalue weighted by atomic mass is 35.5. The Bertz CT molecular complexity index is 867. The number of unbranched alkanes of at least 4 members (excludes halogenated alkanes) is 1. The van der Waals surface area contributed by atoms with Crippen molar-refractivity contribution in [3.63, 3.8) is 0 Å². The van der Waals surface area contributed by atoms with Crippen LogP contribution in [0.2, 0.25) is 0 Å². The molecule has 0 aromatic heterocycles. The third kappa shape index (κ3) is 4.48. The number of halogens is 1. The van der Waals surface area contributed by atoms with E-state index in [9.17, 15) is 13.5 Å². The summed E-state index contributed by atoms with van der Waals surface area (Å²) in [5, 5.41) is 13.3. The molecule has 0 spiro atoms. The van der Waals surface area contributed by atoms with Gasteiger partial charge >= 0.3 is 0 Å². The van der Waals surface area contributed by atoms with Crippen molar-refractivity contribution in [3.8, 4) is 5.75 Å². The highest BCUT2D eigenvalue weighted by molar-refractivity contribution is 7.91. The minimum absolute atomic E-state index is 0. The molecule has 148 valence electrons. The fraction of sp³-hybridized carbons (Fsp3) is 0.429. The molecule has 0 radical (unpaired) electrons. The van der Waals surface area contributed by atoms with Crippen LogP contribution in [0.25, 0.3) is 0 Å². The van der Waals surface area contributed by atoms with Crippen molar-refractivity contribution in [1.29, 1.82) is 0 Å². The molecule has 0 saturated carbocycles. The quantitative estimate of drug-likeness (QED) is 0.756. The summed E-state index contributed by atoms with van der Waals surface area (Å²) in [6.07, 6.45) is 3.58. The number of aromatic hydroxyl groups is 1. The smallest absolute Gasteiger partial charge is 0.180 e. The maximum absolute atomic E-state index is 13.2. The molecule has 1 aliphatic heterocycles. The number of rotatable bonds is 5. The van der Waals surface area contributed by atoms with Crippen LogP contribution in [0.1, 0.15) is 56.7 Å². The van der Waals surface area contributed by atoms with Gasteiger partial charge < -0.3 is 5.11 Å². The average molecular weight is 410 g/mol. The Morgan fingerprint density at radius 3 is 2.41 bits per heavy atom. The Labute approximate surface area is 168 Å². The third-order valence-electron chi connectivity index (χ3n) is 5.39. The first-order valence-electron chi connectivity index (χ1n) is 9.29. The van der Waals surface area contributed by atoms with Crippen molar-refractivity contribution in [3.05, 3.63) is 59.7 Å². The fourth-order valence-electron chi connectivity index (χ4n) is 3.84. The van der Waals surface area contributed by atoms with E-state index >= 15 is 0 Å². The van der Waals surface area contributed by atoms with Gasteiger partial charge in [0.2, 0.25) is 0 Å². The van der Waals surface area contributed by atoms with Crippen molar-refractivity contribution in [2.24, 2.45) is 0 Å². The predicted molar refractivity (Wildman–Crippen MR) is 111 cm³/mol. The summed E-state index contributed by atoms with van der Waals surface area (Å²) in [6, 6.07) is 14.1. The van der Waals surface area contributed by atoms with Gasteiger partial charge in [-0.1, -0.05) is 57.0 Å². The second-order valence-corrected chi connectivity index (χ2v) is 9.16. The number of hydrogen-bond acceptors (Lipinski definition) is 4. The number of phenolic OH excluding ortho intramolecular Hbond substituents is 1. The summed E-state index contributed by atoms with van der Waals surface area (Å²) < 4.78 is 26.4. The summed E-state index contributed by atoms with van der Waals surface area (Å²) in [6.45, 7) is 4.18. The van der Waals surface area contributed by atoms with E-state index in [1.54, 1.807) is 24.3 Å². The standard InChI is InChI=1S/C21H27NO3S.ClH/c1-3-5-14-21(4-2)15-26(24,25)19-9-7-6-8-18(19)20(22-21)16-10-12-17(23)13-11-16;/h6-13,20,22-23H,3-5,14-15H2,1-2H3;1H/t20-,21-;/m0./s1. The van der Waals surface area contributed by atoms with Gasteiger partial charge in [0.05, 0.1) is 16.7 Å². The van der Waals surface area contributed by atoms with Crippen molar-refractivity contribution < 1.29 is 13.5 Å². The van der Waals surface area contributed by atoms with Gasteiger partial charge in [0.1, 0.15) is 5.75 Å². The zero-order valence-corrected chi connectivity index (χ0v) is 17.4. The van der Waals surface area contributed by atoms with Gasteiger partial charge in [0.25, 0.3) is 0 Å². The van der Waals surface area contributed by atoms with E-state index < -0.39 is 15.4 Å². The van der Waals surface area contributed by atoms with Gasteiger partial charge in [-0.3, -0.25) is 5.32 Å². The molecule has 0 fully saturated rings. The molecule has 0 saturated heterocycles.